The van der Waals surface area contributed by atoms with Gasteiger partial charge in [0, 0.05) is 29.7 Å². The fourth-order valence-corrected chi connectivity index (χ4v) is 8.77. The number of imide groups is 1. The summed E-state index contributed by atoms with van der Waals surface area (Å²) in [4.78, 5) is 96.5. The van der Waals surface area contributed by atoms with E-state index < -0.39 is 71.2 Å². The molecule has 2 aliphatic heterocycles. The van der Waals surface area contributed by atoms with Crippen LogP contribution in [0.1, 0.15) is 31.0 Å². The number of amides is 4. The fraction of sp³-hybridized carbons (Fsp3) is 0.278. The first-order chi connectivity index (χ1) is 27.2. The van der Waals surface area contributed by atoms with Gasteiger partial charge in [-0.2, -0.15) is 0 Å². The Balaban J connectivity index is 1.27. The van der Waals surface area contributed by atoms with Gasteiger partial charge in [-0.05, 0) is 58.3 Å². The van der Waals surface area contributed by atoms with Gasteiger partial charge in [0.25, 0.3) is 11.5 Å². The fourth-order valence-electron chi connectivity index (χ4n) is 6.34. The van der Waals surface area contributed by atoms with Gasteiger partial charge in [0.2, 0.25) is 22.9 Å². The summed E-state index contributed by atoms with van der Waals surface area (Å²) in [5.41, 5.74) is 13.5. The molecule has 4 heterocycles. The smallest absolute Gasteiger partial charge is 0.352 e. The maximum absolute atomic E-state index is 14.2. The molecule has 0 saturated carbocycles. The Bertz CT molecular complexity index is 2330. The Morgan fingerprint density at radius 1 is 1.00 bits per heavy atom. The minimum Gasteiger partial charge on any atom is -0.480 e. The van der Waals surface area contributed by atoms with Crippen molar-refractivity contribution in [2.45, 2.75) is 55.6 Å². The number of aromatic nitrogens is 5. The number of anilines is 1. The van der Waals surface area contributed by atoms with Crippen LogP contribution in [0.4, 0.5) is 5.69 Å². The maximum atomic E-state index is 14.2. The molecule has 57 heavy (non-hydrogen) atoms. The van der Waals surface area contributed by atoms with Gasteiger partial charge in [0.1, 0.15) is 29.7 Å². The standard InChI is InChI=1S/C36H36N10O9S2/c1-18(37)31(51)45(19(2)47)24-11-8-20(9-12-24)25-13-10-22(30(50)39-25)14-43(32(52)27(38)21-6-4-3-5-7-21)29-33(53)46-28(35(54)55)23(16-56-34(29)46)17-57-36-40-41-42-44(36)15-26(48)49/h3-13,18,27,29,34H,14-17,37-38H2,1-2H3,(H,39,50)(H,48,49)(H,54,55)/t18-,27?,29?,34+/m1/s1. The third-order valence-corrected chi connectivity index (χ3v) is 11.5. The van der Waals surface area contributed by atoms with Crippen molar-refractivity contribution < 1.29 is 39.0 Å². The van der Waals surface area contributed by atoms with Gasteiger partial charge in [-0.25, -0.2) is 14.4 Å². The topological polar surface area (TPSA) is 281 Å². The van der Waals surface area contributed by atoms with Crippen LogP contribution in [0.5, 0.6) is 0 Å². The van der Waals surface area contributed by atoms with Gasteiger partial charge < -0.3 is 31.6 Å². The van der Waals surface area contributed by atoms with E-state index in [2.05, 4.69) is 20.5 Å². The molecular formula is C36H36N10O9S2. The van der Waals surface area contributed by atoms with E-state index in [1.807, 2.05) is 0 Å². The molecule has 21 heteroatoms. The highest BCUT2D eigenvalue weighted by molar-refractivity contribution is 8.01. The lowest BCUT2D eigenvalue weighted by Gasteiger charge is -2.53. The van der Waals surface area contributed by atoms with E-state index in [0.717, 1.165) is 26.2 Å². The van der Waals surface area contributed by atoms with Gasteiger partial charge in [0.15, 0.2) is 0 Å². The Morgan fingerprint density at radius 3 is 2.32 bits per heavy atom. The van der Waals surface area contributed by atoms with E-state index in [1.165, 1.54) is 48.7 Å². The molecule has 7 N–H and O–H groups in total. The van der Waals surface area contributed by atoms with Crippen LogP contribution in [-0.2, 0) is 41.9 Å². The number of nitrogens with one attached hydrogen (secondary N) is 1. The number of hydrogen-bond acceptors (Lipinski definition) is 14. The van der Waals surface area contributed by atoms with Crippen molar-refractivity contribution in [2.75, 3.05) is 16.4 Å². The molecule has 2 unspecified atom stereocenters. The summed E-state index contributed by atoms with van der Waals surface area (Å²) in [7, 11) is 0. The van der Waals surface area contributed by atoms with E-state index in [1.54, 1.807) is 48.5 Å². The summed E-state index contributed by atoms with van der Waals surface area (Å²) in [5.74, 6) is -4.82. The molecule has 1 saturated heterocycles. The molecule has 2 aromatic carbocycles. The van der Waals surface area contributed by atoms with Crippen LogP contribution >= 0.6 is 23.5 Å². The number of β-lactam (4-membered cyclic amide) rings is 1. The Morgan fingerprint density at radius 2 is 1.70 bits per heavy atom. The van der Waals surface area contributed by atoms with Gasteiger partial charge in [-0.15, -0.1) is 16.9 Å². The van der Waals surface area contributed by atoms with Gasteiger partial charge in [-0.3, -0.25) is 33.7 Å². The van der Waals surface area contributed by atoms with Crippen LogP contribution < -0.4 is 21.9 Å². The predicted octanol–water partition coefficient (Wildman–Crippen LogP) is 0.783. The number of hydrogen-bond donors (Lipinski definition) is 5. The number of pyridine rings is 1. The number of tetrazole rings is 1. The highest BCUT2D eigenvalue weighted by Crippen LogP contribution is 2.44. The van der Waals surface area contributed by atoms with Crippen molar-refractivity contribution in [1.82, 2.24) is 35.0 Å². The first-order valence-electron chi connectivity index (χ1n) is 17.2. The number of fused-ring (bicyclic) bond motifs is 1. The molecule has 6 rings (SSSR count). The average molecular weight is 817 g/mol. The first-order valence-corrected chi connectivity index (χ1v) is 19.3. The van der Waals surface area contributed by atoms with Crippen molar-refractivity contribution in [3.63, 3.8) is 0 Å². The van der Waals surface area contributed by atoms with Crippen LogP contribution in [0.2, 0.25) is 0 Å². The number of rotatable bonds is 14. The van der Waals surface area contributed by atoms with E-state index in [0.29, 0.717) is 28.1 Å². The second-order valence-corrected chi connectivity index (χ2v) is 15.1. The SMILES string of the molecule is CC(=O)N(C(=O)[C@@H](C)N)c1ccc(-c2ccc(CN(C(=O)C(N)c3ccccc3)C3C(=O)N4C(C(=O)O)=C(CSc5nnnn5CC(=O)O)CS[C@@H]34)c(=O)[nH]2)cc1. The number of aromatic amines is 1. The number of benzene rings is 2. The third kappa shape index (κ3) is 8.36. The first kappa shape index (κ1) is 40.5. The van der Waals surface area contributed by atoms with Gasteiger partial charge in [-0.1, -0.05) is 54.2 Å². The second kappa shape index (κ2) is 16.9. The monoisotopic (exact) mass is 816 g/mol. The van der Waals surface area contributed by atoms with Gasteiger partial charge >= 0.3 is 11.9 Å². The summed E-state index contributed by atoms with van der Waals surface area (Å²) in [6.45, 7) is 1.87. The van der Waals surface area contributed by atoms with Gasteiger partial charge in [0.05, 0.1) is 18.3 Å². The molecule has 296 valence electrons. The lowest BCUT2D eigenvalue weighted by molar-refractivity contribution is -0.161. The lowest BCUT2D eigenvalue weighted by Crippen LogP contribution is -2.71. The number of aliphatic carboxylic acids is 2. The largest absolute Gasteiger partial charge is 0.480 e. The zero-order valence-electron chi connectivity index (χ0n) is 30.3. The molecule has 4 aromatic rings. The van der Waals surface area contributed by atoms with Crippen molar-refractivity contribution >= 4 is 64.8 Å². The number of H-pyrrole nitrogens is 1. The summed E-state index contributed by atoms with van der Waals surface area (Å²) < 4.78 is 1.05. The van der Waals surface area contributed by atoms with Crippen LogP contribution in [0.25, 0.3) is 11.3 Å². The Labute approximate surface area is 332 Å². The molecule has 4 amide bonds. The highest BCUT2D eigenvalue weighted by atomic mass is 32.2. The number of nitrogens with zero attached hydrogens (tertiary/aromatic N) is 7. The molecule has 19 nitrogen and oxygen atoms in total. The lowest BCUT2D eigenvalue weighted by atomic mass is 9.98. The normalized spacial score (nSPS) is 17.3. The van der Waals surface area contributed by atoms with Crippen LogP contribution in [0.15, 0.2) is 88.0 Å². The van der Waals surface area contributed by atoms with Crippen LogP contribution in [0, 0.1) is 0 Å². The second-order valence-electron chi connectivity index (χ2n) is 13.0. The number of carbonyl (C=O) groups is 6. The van der Waals surface area contributed by atoms with E-state index in [9.17, 15) is 38.7 Å². The molecule has 2 aliphatic rings. The third-order valence-electron chi connectivity index (χ3n) is 9.12. The Kier molecular flexibility index (Phi) is 12.0. The van der Waals surface area contributed by atoms with Crippen molar-refractivity contribution in [2.24, 2.45) is 11.5 Å². The van der Waals surface area contributed by atoms with Crippen LogP contribution in [-0.4, -0.2) is 110 Å². The Hall–Kier alpha value is -6.16. The number of nitrogens with two attached hydrogens (primary N) is 2. The predicted molar refractivity (Wildman–Crippen MR) is 206 cm³/mol. The summed E-state index contributed by atoms with van der Waals surface area (Å²) >= 11 is 2.24. The maximum Gasteiger partial charge on any atom is 0.352 e. The molecule has 0 bridgehead atoms. The van der Waals surface area contributed by atoms with E-state index in [4.69, 9.17) is 16.6 Å². The van der Waals surface area contributed by atoms with Crippen molar-refractivity contribution in [3.05, 3.63) is 99.5 Å². The quantitative estimate of drug-likeness (QED) is 0.0869. The molecule has 4 atom stereocenters. The summed E-state index contributed by atoms with van der Waals surface area (Å²) in [6.07, 6.45) is 0. The summed E-state index contributed by atoms with van der Waals surface area (Å²) in [6, 6.07) is 14.6. The van der Waals surface area contributed by atoms with E-state index >= 15 is 0 Å². The molecule has 1 fully saturated rings. The van der Waals surface area contributed by atoms with Crippen molar-refractivity contribution in [3.8, 4) is 11.3 Å². The van der Waals surface area contributed by atoms with Crippen molar-refractivity contribution in [1.29, 1.82) is 0 Å². The minimum atomic E-state index is -1.37. The number of carboxylic acids is 2. The number of carboxylic acid groups (broad SMARTS) is 2. The summed E-state index contributed by atoms with van der Waals surface area (Å²) in [5, 5.41) is 29.7. The minimum absolute atomic E-state index is 0.0295. The average Bonchev–Trinajstić information content (AvgIpc) is 3.62. The van der Waals surface area contributed by atoms with Crippen LogP contribution in [0.3, 0.4) is 0 Å². The highest BCUT2D eigenvalue weighted by Gasteiger charge is 2.57. The van der Waals surface area contributed by atoms with E-state index in [-0.39, 0.29) is 34.5 Å². The number of carbonyl (C=O) groups excluding carboxylic acids is 4. The molecule has 2 aromatic heterocycles. The molecule has 0 aliphatic carbocycles. The molecule has 0 spiro atoms. The zero-order chi connectivity index (χ0) is 41.1. The molecule has 0 radical (unpaired) electrons. The molecular weight excluding hydrogens is 781 g/mol. The zero-order valence-corrected chi connectivity index (χ0v) is 32.0. The number of thioether (sulfide) groups is 2.